The molecule has 0 spiro atoms. The van der Waals surface area contributed by atoms with Gasteiger partial charge in [0.05, 0.1) is 5.39 Å². The Morgan fingerprint density at radius 2 is 1.85 bits per heavy atom. The van der Waals surface area contributed by atoms with Gasteiger partial charge in [-0.2, -0.15) is 0 Å². The third kappa shape index (κ3) is 3.19. The first kappa shape index (κ1) is 16.1. The molecule has 4 aromatic rings. The predicted octanol–water partition coefficient (Wildman–Crippen LogP) is 5.06. The summed E-state index contributed by atoms with van der Waals surface area (Å²) in [5.74, 6) is 3.13. The molecule has 0 unspecified atom stereocenters. The van der Waals surface area contributed by atoms with Gasteiger partial charge in [-0.25, -0.2) is 9.97 Å². The van der Waals surface area contributed by atoms with Gasteiger partial charge < -0.3 is 14.8 Å². The van der Waals surface area contributed by atoms with Crippen molar-refractivity contribution in [3.63, 3.8) is 0 Å². The number of benzene rings is 2. The zero-order valence-corrected chi connectivity index (χ0v) is 15.5. The second kappa shape index (κ2) is 6.55. The second-order valence-electron chi connectivity index (χ2n) is 6.42. The number of thiophene rings is 1. The first-order valence-electron chi connectivity index (χ1n) is 8.72. The van der Waals surface area contributed by atoms with Crippen molar-refractivity contribution in [2.45, 2.75) is 13.3 Å². The van der Waals surface area contributed by atoms with Crippen LogP contribution < -0.4 is 14.8 Å². The zero-order chi connectivity index (χ0) is 18.2. The van der Waals surface area contributed by atoms with Crippen LogP contribution in [0.1, 0.15) is 16.3 Å². The number of hydrogen-bond donors (Lipinski definition) is 1. The van der Waals surface area contributed by atoms with Crippen LogP contribution in [0.3, 0.4) is 0 Å². The van der Waals surface area contributed by atoms with Gasteiger partial charge in [-0.15, -0.1) is 11.3 Å². The quantitative estimate of drug-likeness (QED) is 0.540. The Labute approximate surface area is 160 Å². The summed E-state index contributed by atoms with van der Waals surface area (Å²) in [4.78, 5) is 11.8. The Morgan fingerprint density at radius 3 is 2.74 bits per heavy atom. The first-order chi connectivity index (χ1) is 13.2. The predicted molar refractivity (Wildman–Crippen MR) is 107 cm³/mol. The highest BCUT2D eigenvalue weighted by Gasteiger charge is 2.15. The van der Waals surface area contributed by atoms with Crippen LogP contribution in [0.2, 0.25) is 0 Å². The lowest BCUT2D eigenvalue weighted by Gasteiger charge is -2.10. The summed E-state index contributed by atoms with van der Waals surface area (Å²) in [6.45, 7) is 2.36. The average molecular weight is 375 g/mol. The summed E-state index contributed by atoms with van der Waals surface area (Å²) >= 11 is 1.69. The van der Waals surface area contributed by atoms with E-state index in [1.807, 2.05) is 36.4 Å². The largest absolute Gasteiger partial charge is 0.454 e. The minimum absolute atomic E-state index is 0.265. The highest BCUT2D eigenvalue weighted by molar-refractivity contribution is 7.18. The molecule has 134 valence electrons. The number of fused-ring (bicyclic) bond motifs is 2. The number of hydrogen-bond acceptors (Lipinski definition) is 6. The fraction of sp³-hybridized carbons (Fsp3) is 0.143. The van der Waals surface area contributed by atoms with Gasteiger partial charge in [-0.05, 0) is 30.7 Å². The van der Waals surface area contributed by atoms with Crippen LogP contribution in [0, 0.1) is 6.92 Å². The average Bonchev–Trinajstić information content (AvgIpc) is 3.28. The van der Waals surface area contributed by atoms with Crippen LogP contribution in [-0.2, 0) is 6.42 Å². The van der Waals surface area contributed by atoms with Gasteiger partial charge in [-0.1, -0.05) is 30.3 Å². The molecule has 0 radical (unpaired) electrons. The number of nitrogens with zero attached hydrogens (tertiary/aromatic N) is 2. The Balaban J connectivity index is 1.53. The number of nitrogens with one attached hydrogen (secondary N) is 1. The number of ether oxygens (including phenoxy) is 2. The molecular weight excluding hydrogens is 358 g/mol. The van der Waals surface area contributed by atoms with E-state index in [9.17, 15) is 0 Å². The van der Waals surface area contributed by atoms with E-state index in [1.165, 1.54) is 10.4 Å². The standard InChI is InChI=1S/C21H17N3O2S/c1-13-9-16-20(22-15-7-8-17-18(11-15)26-12-25-17)23-19(24-21(16)27-13)10-14-5-3-2-4-6-14/h2-9,11H,10,12H2,1H3,(H,22,23,24). The number of aromatic nitrogens is 2. The SMILES string of the molecule is Cc1cc2c(Nc3ccc4c(c3)OCO4)nc(Cc3ccccc3)nc2s1. The van der Waals surface area contributed by atoms with Gasteiger partial charge in [0.25, 0.3) is 0 Å². The molecule has 2 aromatic heterocycles. The summed E-state index contributed by atoms with van der Waals surface area (Å²) < 4.78 is 10.9. The fourth-order valence-electron chi connectivity index (χ4n) is 3.15. The number of aryl methyl sites for hydroxylation is 1. The van der Waals surface area contributed by atoms with Crippen molar-refractivity contribution in [3.05, 3.63) is 70.9 Å². The first-order valence-corrected chi connectivity index (χ1v) is 9.54. The van der Waals surface area contributed by atoms with E-state index in [0.717, 1.165) is 39.0 Å². The van der Waals surface area contributed by atoms with Gasteiger partial charge in [-0.3, -0.25) is 0 Å². The summed E-state index contributed by atoms with van der Waals surface area (Å²) in [7, 11) is 0. The Morgan fingerprint density at radius 1 is 1.00 bits per heavy atom. The minimum Gasteiger partial charge on any atom is -0.454 e. The van der Waals surface area contributed by atoms with Crippen LogP contribution in [0.4, 0.5) is 11.5 Å². The molecule has 1 N–H and O–H groups in total. The molecule has 0 saturated heterocycles. The molecule has 27 heavy (non-hydrogen) atoms. The molecule has 0 atom stereocenters. The lowest BCUT2D eigenvalue weighted by Crippen LogP contribution is -2.01. The highest BCUT2D eigenvalue weighted by Crippen LogP contribution is 2.36. The molecule has 0 aliphatic carbocycles. The molecule has 5 rings (SSSR count). The van der Waals surface area contributed by atoms with Crippen LogP contribution in [0.25, 0.3) is 10.2 Å². The third-order valence-corrected chi connectivity index (χ3v) is 5.35. The van der Waals surface area contributed by atoms with E-state index in [-0.39, 0.29) is 6.79 Å². The molecule has 0 amide bonds. The van der Waals surface area contributed by atoms with E-state index in [4.69, 9.17) is 19.4 Å². The molecule has 3 heterocycles. The zero-order valence-electron chi connectivity index (χ0n) is 14.7. The van der Waals surface area contributed by atoms with Crippen molar-refractivity contribution in [1.82, 2.24) is 9.97 Å². The van der Waals surface area contributed by atoms with Crippen LogP contribution in [-0.4, -0.2) is 16.8 Å². The molecule has 6 heteroatoms. The number of rotatable bonds is 4. The van der Waals surface area contributed by atoms with E-state index in [1.54, 1.807) is 11.3 Å². The lowest BCUT2D eigenvalue weighted by molar-refractivity contribution is 0.174. The van der Waals surface area contributed by atoms with E-state index in [0.29, 0.717) is 6.42 Å². The summed E-state index contributed by atoms with van der Waals surface area (Å²) in [5, 5.41) is 4.47. The van der Waals surface area contributed by atoms with Crippen molar-refractivity contribution in [2.24, 2.45) is 0 Å². The molecular formula is C21H17N3O2S. The normalized spacial score (nSPS) is 12.5. The van der Waals surface area contributed by atoms with Crippen LogP contribution in [0.5, 0.6) is 11.5 Å². The minimum atomic E-state index is 0.265. The van der Waals surface area contributed by atoms with Crippen LogP contribution >= 0.6 is 11.3 Å². The Kier molecular flexibility index (Phi) is 3.90. The maximum atomic E-state index is 5.48. The van der Waals surface area contributed by atoms with Crippen LogP contribution in [0.15, 0.2) is 54.6 Å². The van der Waals surface area contributed by atoms with Gasteiger partial charge >= 0.3 is 0 Å². The molecule has 1 aliphatic heterocycles. The third-order valence-electron chi connectivity index (χ3n) is 4.40. The summed E-state index contributed by atoms with van der Waals surface area (Å²) in [6, 6.07) is 18.2. The van der Waals surface area contributed by atoms with Crippen molar-refractivity contribution in [3.8, 4) is 11.5 Å². The maximum Gasteiger partial charge on any atom is 0.231 e. The molecule has 0 saturated carbocycles. The van der Waals surface area contributed by atoms with Gasteiger partial charge in [0.2, 0.25) is 6.79 Å². The van der Waals surface area contributed by atoms with Gasteiger partial charge in [0.15, 0.2) is 11.5 Å². The van der Waals surface area contributed by atoms with Crippen molar-refractivity contribution in [1.29, 1.82) is 0 Å². The fourth-order valence-corrected chi connectivity index (χ4v) is 4.05. The van der Waals surface area contributed by atoms with E-state index in [2.05, 4.69) is 30.4 Å². The topological polar surface area (TPSA) is 56.3 Å². The monoisotopic (exact) mass is 375 g/mol. The molecule has 1 aliphatic rings. The van der Waals surface area contributed by atoms with Crippen molar-refractivity contribution < 1.29 is 9.47 Å². The van der Waals surface area contributed by atoms with Crippen molar-refractivity contribution in [2.75, 3.05) is 12.1 Å². The second-order valence-corrected chi connectivity index (χ2v) is 7.65. The summed E-state index contributed by atoms with van der Waals surface area (Å²) in [6.07, 6.45) is 0.698. The molecule has 5 nitrogen and oxygen atoms in total. The van der Waals surface area contributed by atoms with E-state index >= 15 is 0 Å². The maximum absolute atomic E-state index is 5.48. The molecule has 0 fully saturated rings. The number of anilines is 2. The highest BCUT2D eigenvalue weighted by atomic mass is 32.1. The Hall–Kier alpha value is -3.12. The van der Waals surface area contributed by atoms with E-state index < -0.39 is 0 Å². The molecule has 0 bridgehead atoms. The lowest BCUT2D eigenvalue weighted by atomic mass is 10.1. The van der Waals surface area contributed by atoms with Crippen molar-refractivity contribution >= 4 is 33.1 Å². The Bertz CT molecular complexity index is 1130. The van der Waals surface area contributed by atoms with Gasteiger partial charge in [0.1, 0.15) is 16.5 Å². The smallest absolute Gasteiger partial charge is 0.231 e. The summed E-state index contributed by atoms with van der Waals surface area (Å²) in [5.41, 5.74) is 2.10. The van der Waals surface area contributed by atoms with Gasteiger partial charge in [0, 0.05) is 23.1 Å². The molecule has 2 aromatic carbocycles.